The van der Waals surface area contributed by atoms with Crippen molar-refractivity contribution in [1.82, 2.24) is 0 Å². The van der Waals surface area contributed by atoms with E-state index in [1.165, 1.54) is 12.1 Å². The molecule has 3 atom stereocenters. The van der Waals surface area contributed by atoms with Gasteiger partial charge >= 0.3 is 0 Å². The zero-order chi connectivity index (χ0) is 22.1. The maximum atomic E-state index is 15.0. The lowest BCUT2D eigenvalue weighted by Gasteiger charge is -2.59. The minimum atomic E-state index is -2.90. The van der Waals surface area contributed by atoms with Crippen LogP contribution >= 0.6 is 0 Å². The Bertz CT molecular complexity index is 756. The molecule has 167 valence electrons. The Morgan fingerprint density at radius 2 is 1.67 bits per heavy atom. The van der Waals surface area contributed by atoms with E-state index in [0.29, 0.717) is 29.8 Å². The molecule has 0 aromatic heterocycles. The Labute approximate surface area is 181 Å². The lowest BCUT2D eigenvalue weighted by molar-refractivity contribution is -0.0192. The zero-order valence-electron chi connectivity index (χ0n) is 19.2. The topological polar surface area (TPSA) is 18.5 Å². The number of ether oxygens (including phenoxy) is 2. The molecule has 4 rings (SSSR count). The summed E-state index contributed by atoms with van der Waals surface area (Å²) in [4.78, 5) is 0. The van der Waals surface area contributed by atoms with Crippen molar-refractivity contribution >= 4 is 0 Å². The van der Waals surface area contributed by atoms with Crippen molar-refractivity contribution in [3.8, 4) is 11.5 Å². The maximum Gasteiger partial charge on any atom is 0.273 e. The van der Waals surface area contributed by atoms with Gasteiger partial charge in [0.05, 0.1) is 14.2 Å². The van der Waals surface area contributed by atoms with E-state index >= 15 is 8.78 Å². The van der Waals surface area contributed by atoms with Crippen molar-refractivity contribution in [3.05, 3.63) is 41.8 Å². The average Bonchev–Trinajstić information content (AvgIpc) is 2.71. The number of hydrogen-bond acceptors (Lipinski definition) is 2. The van der Waals surface area contributed by atoms with Crippen LogP contribution in [0.2, 0.25) is 0 Å². The molecule has 3 aliphatic carbocycles. The number of unbranched alkanes of at least 4 members (excludes halogenated alkanes) is 4. The van der Waals surface area contributed by atoms with Gasteiger partial charge in [0.1, 0.15) is 11.5 Å². The number of allylic oxidation sites excluding steroid dienone is 2. The smallest absolute Gasteiger partial charge is 0.273 e. The monoisotopic (exact) mass is 419 g/mol. The van der Waals surface area contributed by atoms with Gasteiger partial charge in [0.2, 0.25) is 0 Å². The summed E-state index contributed by atoms with van der Waals surface area (Å²) in [6, 6.07) is 3.05. The molecule has 0 heterocycles. The lowest BCUT2D eigenvalue weighted by atomic mass is 9.45. The molecular formula is C26H37F2O2. The molecule has 0 aliphatic heterocycles. The Kier molecular flexibility index (Phi) is 6.84. The molecule has 1 aromatic carbocycles. The van der Waals surface area contributed by atoms with Gasteiger partial charge in [0.15, 0.2) is 0 Å². The number of benzene rings is 1. The van der Waals surface area contributed by atoms with Crippen molar-refractivity contribution in [3.63, 3.8) is 0 Å². The molecule has 2 bridgehead atoms. The Morgan fingerprint density at radius 3 is 2.17 bits per heavy atom. The van der Waals surface area contributed by atoms with Gasteiger partial charge in [-0.15, -0.1) is 0 Å². The van der Waals surface area contributed by atoms with Gasteiger partial charge in [-0.2, -0.15) is 0 Å². The fourth-order valence-corrected chi connectivity index (χ4v) is 5.52. The van der Waals surface area contributed by atoms with Crippen LogP contribution in [-0.2, 0) is 5.92 Å². The molecule has 0 unspecified atom stereocenters. The van der Waals surface area contributed by atoms with Crippen LogP contribution in [0.25, 0.3) is 0 Å². The number of halogens is 2. The third kappa shape index (κ3) is 4.11. The summed E-state index contributed by atoms with van der Waals surface area (Å²) in [6.07, 6.45) is 7.70. The van der Waals surface area contributed by atoms with Crippen LogP contribution in [0.3, 0.4) is 0 Å². The van der Waals surface area contributed by atoms with Crippen LogP contribution in [0.15, 0.2) is 23.8 Å². The van der Waals surface area contributed by atoms with E-state index in [2.05, 4.69) is 33.8 Å². The standard InChI is InChI=1S/C26H37F2O2/c1-7-8-9-10-11-12-26(27,28)18-14-22(29-5)24(23(15-18)30-6)19-13-17(2)20-16-21(19)25(20,3)4/h13-15,19-21H,2,7-12,16H2,1,3-6H3/t19-,20-,21-/m0/s1. The number of fused-ring (bicyclic) bond motifs is 1. The predicted octanol–water partition coefficient (Wildman–Crippen LogP) is 7.68. The van der Waals surface area contributed by atoms with Gasteiger partial charge in [0, 0.05) is 23.5 Å². The first-order valence-corrected chi connectivity index (χ1v) is 11.3. The largest absolute Gasteiger partial charge is 0.496 e. The maximum absolute atomic E-state index is 15.0. The molecule has 1 radical (unpaired) electrons. The highest BCUT2D eigenvalue weighted by atomic mass is 19.3. The fraction of sp³-hybridized carbons (Fsp3) is 0.654. The van der Waals surface area contributed by atoms with Crippen molar-refractivity contribution in [2.24, 2.45) is 17.3 Å². The molecule has 0 amide bonds. The van der Waals surface area contributed by atoms with Crippen LogP contribution < -0.4 is 9.47 Å². The second-order valence-corrected chi connectivity index (χ2v) is 9.65. The third-order valence-corrected chi connectivity index (χ3v) is 7.51. The van der Waals surface area contributed by atoms with Gasteiger partial charge in [-0.1, -0.05) is 58.1 Å². The van der Waals surface area contributed by atoms with E-state index in [-0.39, 0.29) is 23.3 Å². The van der Waals surface area contributed by atoms with Crippen LogP contribution in [0, 0.1) is 24.2 Å². The van der Waals surface area contributed by atoms with Gasteiger partial charge in [0.25, 0.3) is 5.92 Å². The molecule has 30 heavy (non-hydrogen) atoms. The molecule has 1 fully saturated rings. The van der Waals surface area contributed by atoms with Crippen LogP contribution in [0.1, 0.15) is 82.8 Å². The lowest BCUT2D eigenvalue weighted by Crippen LogP contribution is -2.50. The summed E-state index contributed by atoms with van der Waals surface area (Å²) in [6.45, 7) is 10.9. The number of alkyl halides is 2. The quantitative estimate of drug-likeness (QED) is 0.362. The van der Waals surface area contributed by atoms with Gasteiger partial charge in [-0.05, 0) is 49.1 Å². The second-order valence-electron chi connectivity index (χ2n) is 9.65. The number of methoxy groups -OCH3 is 2. The third-order valence-electron chi connectivity index (χ3n) is 7.51. The highest BCUT2D eigenvalue weighted by Gasteiger charge is 2.55. The van der Waals surface area contributed by atoms with Crippen LogP contribution in [0.5, 0.6) is 11.5 Å². The van der Waals surface area contributed by atoms with Crippen LogP contribution in [-0.4, -0.2) is 14.2 Å². The minimum absolute atomic E-state index is 0.0178. The van der Waals surface area contributed by atoms with Crippen molar-refractivity contribution < 1.29 is 18.3 Å². The minimum Gasteiger partial charge on any atom is -0.496 e. The Balaban J connectivity index is 1.91. The van der Waals surface area contributed by atoms with Gasteiger partial charge in [-0.3, -0.25) is 0 Å². The van der Waals surface area contributed by atoms with E-state index in [0.717, 1.165) is 43.2 Å². The molecule has 1 aromatic rings. The fourth-order valence-electron chi connectivity index (χ4n) is 5.52. The van der Waals surface area contributed by atoms with E-state index < -0.39 is 5.92 Å². The van der Waals surface area contributed by atoms with E-state index in [1.54, 1.807) is 14.2 Å². The molecule has 4 heteroatoms. The SMILES string of the molecule is [CH2]C1=C[C@H](c2c(OC)cc(C(F)(F)CCCCCCC)cc2OC)[C@@H]2C[C@@H]1C2(C)C. The molecule has 3 aliphatic rings. The highest BCUT2D eigenvalue weighted by molar-refractivity contribution is 5.55. The predicted molar refractivity (Wildman–Crippen MR) is 118 cm³/mol. The molecule has 0 saturated heterocycles. The number of rotatable bonds is 10. The van der Waals surface area contributed by atoms with E-state index in [4.69, 9.17) is 9.47 Å². The first-order chi connectivity index (χ1) is 14.2. The summed E-state index contributed by atoms with van der Waals surface area (Å²) in [5, 5.41) is 0. The molecule has 2 nitrogen and oxygen atoms in total. The molecule has 1 saturated carbocycles. The normalized spacial score (nSPS) is 24.8. The zero-order valence-corrected chi connectivity index (χ0v) is 19.2. The van der Waals surface area contributed by atoms with Crippen molar-refractivity contribution in [1.29, 1.82) is 0 Å². The second kappa shape index (κ2) is 8.88. The first kappa shape index (κ1) is 23.1. The van der Waals surface area contributed by atoms with Crippen molar-refractivity contribution in [2.45, 2.75) is 77.6 Å². The molecular weight excluding hydrogens is 382 g/mol. The average molecular weight is 420 g/mol. The summed E-state index contributed by atoms with van der Waals surface area (Å²) in [5.41, 5.74) is 2.14. The van der Waals surface area contributed by atoms with Crippen LogP contribution in [0.4, 0.5) is 8.78 Å². The van der Waals surface area contributed by atoms with E-state index in [9.17, 15) is 0 Å². The molecule has 0 N–H and O–H groups in total. The first-order valence-electron chi connectivity index (χ1n) is 11.3. The van der Waals surface area contributed by atoms with Gasteiger partial charge < -0.3 is 9.47 Å². The van der Waals surface area contributed by atoms with E-state index in [1.807, 2.05) is 0 Å². The summed E-state index contributed by atoms with van der Waals surface area (Å²) in [7, 11) is 3.11. The molecule has 0 spiro atoms. The summed E-state index contributed by atoms with van der Waals surface area (Å²) < 4.78 is 41.3. The van der Waals surface area contributed by atoms with Gasteiger partial charge in [-0.25, -0.2) is 8.78 Å². The highest BCUT2D eigenvalue weighted by Crippen LogP contribution is 2.65. The summed E-state index contributed by atoms with van der Waals surface area (Å²) >= 11 is 0. The van der Waals surface area contributed by atoms with Crippen molar-refractivity contribution in [2.75, 3.05) is 14.2 Å². The summed E-state index contributed by atoms with van der Waals surface area (Å²) in [5.74, 6) is -0.909. The number of hydrogen-bond donors (Lipinski definition) is 0. The Hall–Kier alpha value is -1.58. The Morgan fingerprint density at radius 1 is 1.07 bits per heavy atom.